The lowest BCUT2D eigenvalue weighted by Crippen LogP contribution is -2.40. The molecular weight excluding hydrogens is 342 g/mol. The Kier molecular flexibility index (Phi) is 6.74. The van der Waals surface area contributed by atoms with Crippen LogP contribution in [0.15, 0.2) is 54.6 Å². The summed E-state index contributed by atoms with van der Waals surface area (Å²) in [5.41, 5.74) is 4.49. The van der Waals surface area contributed by atoms with Gasteiger partial charge < -0.3 is 9.64 Å². The van der Waals surface area contributed by atoms with Gasteiger partial charge in [-0.3, -0.25) is 0 Å². The lowest BCUT2D eigenvalue weighted by atomic mass is 9.81. The monoisotopic (exact) mass is 371 g/mol. The quantitative estimate of drug-likeness (QED) is 0.771. The van der Waals surface area contributed by atoms with E-state index in [1.54, 1.807) is 0 Å². The number of piperidine rings is 1. The molecule has 0 spiro atoms. The summed E-state index contributed by atoms with van der Waals surface area (Å²) < 4.78 is 6.45. The molecule has 1 heterocycles. The number of rotatable bonds is 4. The van der Waals surface area contributed by atoms with E-state index in [9.17, 15) is 0 Å². The third-order valence-electron chi connectivity index (χ3n) is 6.01. The lowest BCUT2D eigenvalue weighted by molar-refractivity contribution is -0.000704. The second-order valence-corrected chi connectivity index (χ2v) is 7.80. The van der Waals surface area contributed by atoms with Crippen LogP contribution in [0.4, 0.5) is 0 Å². The van der Waals surface area contributed by atoms with Crippen LogP contribution in [-0.4, -0.2) is 37.7 Å². The number of fused-ring (bicyclic) bond motifs is 1. The zero-order valence-corrected chi connectivity index (χ0v) is 16.5. The SMILES string of the molecule is CN1CC[C@@H](c2ccccc2)[C@@H](COC2CCc3ccccc3C2)C1.Cl. The summed E-state index contributed by atoms with van der Waals surface area (Å²) in [5.74, 6) is 1.23. The smallest absolute Gasteiger partial charge is 0.0618 e. The minimum Gasteiger partial charge on any atom is -0.378 e. The van der Waals surface area contributed by atoms with E-state index < -0.39 is 0 Å². The maximum absolute atomic E-state index is 6.45. The van der Waals surface area contributed by atoms with Gasteiger partial charge in [0.25, 0.3) is 0 Å². The van der Waals surface area contributed by atoms with Crippen LogP contribution in [0.2, 0.25) is 0 Å². The Bertz CT molecular complexity index is 690. The molecule has 1 fully saturated rings. The number of ether oxygens (including phenoxy) is 1. The second kappa shape index (κ2) is 9.03. The predicted molar refractivity (Wildman–Crippen MR) is 110 cm³/mol. The Hall–Kier alpha value is -1.35. The Morgan fingerprint density at radius 2 is 1.69 bits per heavy atom. The fraction of sp³-hybridized carbons (Fsp3) is 0.478. The van der Waals surface area contributed by atoms with Gasteiger partial charge in [0.05, 0.1) is 12.7 Å². The van der Waals surface area contributed by atoms with Crippen LogP contribution in [0.25, 0.3) is 0 Å². The van der Waals surface area contributed by atoms with E-state index in [1.807, 2.05) is 0 Å². The highest BCUT2D eigenvalue weighted by Gasteiger charge is 2.30. The average molecular weight is 372 g/mol. The van der Waals surface area contributed by atoms with Crippen LogP contribution < -0.4 is 0 Å². The highest BCUT2D eigenvalue weighted by molar-refractivity contribution is 5.85. The fourth-order valence-electron chi connectivity index (χ4n) is 4.59. The molecule has 1 aliphatic heterocycles. The summed E-state index contributed by atoms with van der Waals surface area (Å²) >= 11 is 0. The first-order valence-corrected chi connectivity index (χ1v) is 9.71. The fourth-order valence-corrected chi connectivity index (χ4v) is 4.59. The maximum atomic E-state index is 6.45. The normalized spacial score (nSPS) is 26.0. The van der Waals surface area contributed by atoms with Crippen molar-refractivity contribution in [2.24, 2.45) is 5.92 Å². The van der Waals surface area contributed by atoms with Crippen LogP contribution in [0.3, 0.4) is 0 Å². The first-order valence-electron chi connectivity index (χ1n) is 9.71. The van der Waals surface area contributed by atoms with E-state index in [4.69, 9.17) is 4.74 Å². The number of halogens is 1. The van der Waals surface area contributed by atoms with Gasteiger partial charge in [-0.25, -0.2) is 0 Å². The molecule has 1 aliphatic carbocycles. The van der Waals surface area contributed by atoms with Gasteiger partial charge in [-0.15, -0.1) is 12.4 Å². The van der Waals surface area contributed by atoms with Crippen molar-refractivity contribution in [3.05, 3.63) is 71.3 Å². The third-order valence-corrected chi connectivity index (χ3v) is 6.01. The third kappa shape index (κ3) is 4.49. The highest BCUT2D eigenvalue weighted by atomic mass is 35.5. The van der Waals surface area contributed by atoms with E-state index in [1.165, 1.54) is 29.7 Å². The summed E-state index contributed by atoms with van der Waals surface area (Å²) in [6, 6.07) is 19.9. The topological polar surface area (TPSA) is 12.5 Å². The van der Waals surface area contributed by atoms with Gasteiger partial charge in [0, 0.05) is 12.5 Å². The molecule has 4 rings (SSSR count). The molecule has 0 aromatic heterocycles. The summed E-state index contributed by atoms with van der Waals surface area (Å²) in [5, 5.41) is 0. The molecule has 1 saturated heterocycles. The Morgan fingerprint density at radius 1 is 0.962 bits per heavy atom. The van der Waals surface area contributed by atoms with Crippen molar-refractivity contribution in [2.45, 2.75) is 37.7 Å². The van der Waals surface area contributed by atoms with E-state index in [0.717, 1.165) is 32.4 Å². The van der Waals surface area contributed by atoms with Crippen LogP contribution in [0.1, 0.15) is 35.4 Å². The molecule has 140 valence electrons. The van der Waals surface area contributed by atoms with Crippen molar-refractivity contribution in [2.75, 3.05) is 26.7 Å². The number of nitrogens with zero attached hydrogens (tertiary/aromatic N) is 1. The standard InChI is InChI=1S/C23H29NO.ClH/c1-24-14-13-23(19-8-3-2-4-9-19)21(16-24)17-25-22-12-11-18-7-5-6-10-20(18)15-22;/h2-10,21-23H,11-17H2,1H3;1H/t21-,22?,23+;/m1./s1. The molecule has 0 radical (unpaired) electrons. The van der Waals surface area contributed by atoms with Crippen molar-refractivity contribution in [3.8, 4) is 0 Å². The molecule has 3 heteroatoms. The molecule has 0 bridgehead atoms. The van der Waals surface area contributed by atoms with Gasteiger partial charge in [0.2, 0.25) is 0 Å². The van der Waals surface area contributed by atoms with Gasteiger partial charge >= 0.3 is 0 Å². The van der Waals surface area contributed by atoms with Gasteiger partial charge in [-0.2, -0.15) is 0 Å². The highest BCUT2D eigenvalue weighted by Crippen LogP contribution is 2.33. The number of aryl methyl sites for hydroxylation is 1. The molecule has 26 heavy (non-hydrogen) atoms. The zero-order chi connectivity index (χ0) is 17.1. The predicted octanol–water partition coefficient (Wildman–Crippen LogP) is 4.72. The van der Waals surface area contributed by atoms with E-state index in [2.05, 4.69) is 66.5 Å². The minimum absolute atomic E-state index is 0. The minimum atomic E-state index is 0. The van der Waals surface area contributed by atoms with Gasteiger partial charge in [0.1, 0.15) is 0 Å². The molecule has 0 amide bonds. The lowest BCUT2D eigenvalue weighted by Gasteiger charge is -2.38. The second-order valence-electron chi connectivity index (χ2n) is 7.80. The van der Waals surface area contributed by atoms with Crippen molar-refractivity contribution in [1.29, 1.82) is 0 Å². The Morgan fingerprint density at radius 3 is 2.50 bits per heavy atom. The molecule has 2 aromatic carbocycles. The molecule has 3 atom stereocenters. The van der Waals surface area contributed by atoms with Crippen LogP contribution >= 0.6 is 12.4 Å². The number of benzene rings is 2. The summed E-state index contributed by atoms with van der Waals surface area (Å²) in [6.07, 6.45) is 5.03. The maximum Gasteiger partial charge on any atom is 0.0618 e. The summed E-state index contributed by atoms with van der Waals surface area (Å²) in [6.45, 7) is 3.21. The first-order chi connectivity index (χ1) is 12.3. The number of hydrogen-bond acceptors (Lipinski definition) is 2. The van der Waals surface area contributed by atoms with Crippen LogP contribution in [0, 0.1) is 5.92 Å². The van der Waals surface area contributed by atoms with Crippen molar-refractivity contribution < 1.29 is 4.74 Å². The molecule has 2 aliphatic rings. The molecular formula is C23H30ClNO. The summed E-state index contributed by atoms with van der Waals surface area (Å²) in [4.78, 5) is 2.46. The Balaban J connectivity index is 0.00000196. The number of hydrogen-bond donors (Lipinski definition) is 0. The molecule has 0 N–H and O–H groups in total. The van der Waals surface area contributed by atoms with Gasteiger partial charge in [0.15, 0.2) is 0 Å². The molecule has 2 nitrogen and oxygen atoms in total. The van der Waals surface area contributed by atoms with Crippen molar-refractivity contribution in [1.82, 2.24) is 4.90 Å². The largest absolute Gasteiger partial charge is 0.378 e. The van der Waals surface area contributed by atoms with Crippen molar-refractivity contribution in [3.63, 3.8) is 0 Å². The molecule has 0 saturated carbocycles. The number of likely N-dealkylation sites (tertiary alicyclic amines) is 1. The van der Waals surface area contributed by atoms with Crippen LogP contribution in [0.5, 0.6) is 0 Å². The first kappa shape index (κ1) is 19.4. The molecule has 1 unspecified atom stereocenters. The summed E-state index contributed by atoms with van der Waals surface area (Å²) in [7, 11) is 2.24. The molecule has 2 aromatic rings. The average Bonchev–Trinajstić information content (AvgIpc) is 2.67. The Labute approximate surface area is 164 Å². The van der Waals surface area contributed by atoms with Crippen LogP contribution in [-0.2, 0) is 17.6 Å². The van der Waals surface area contributed by atoms with E-state index in [-0.39, 0.29) is 12.4 Å². The van der Waals surface area contributed by atoms with E-state index in [0.29, 0.717) is 17.9 Å². The van der Waals surface area contributed by atoms with E-state index >= 15 is 0 Å². The van der Waals surface area contributed by atoms with Gasteiger partial charge in [-0.05, 0) is 61.9 Å². The van der Waals surface area contributed by atoms with Gasteiger partial charge in [-0.1, -0.05) is 54.6 Å². The van der Waals surface area contributed by atoms with Crippen molar-refractivity contribution >= 4 is 12.4 Å². The zero-order valence-electron chi connectivity index (χ0n) is 15.6.